The lowest BCUT2D eigenvalue weighted by molar-refractivity contribution is 0.0932. The molecule has 2 saturated heterocycles. The third-order valence-electron chi connectivity index (χ3n) is 7.30. The van der Waals surface area contributed by atoms with Crippen molar-refractivity contribution in [3.63, 3.8) is 0 Å². The number of aromatic amines is 1. The number of piperazine rings is 1. The SMILES string of the molecule is CC(C)CCC(Cc1c[nH]c2ccccc12)NC(=O)c1nnc(N2CC3CCC(C2)N3C)s1. The predicted octanol–water partition coefficient (Wildman–Crippen LogP) is 4.08. The third kappa shape index (κ3) is 4.77. The van der Waals surface area contributed by atoms with Gasteiger partial charge in [0.05, 0.1) is 0 Å². The zero-order valence-electron chi connectivity index (χ0n) is 19.8. The molecule has 2 aromatic heterocycles. The van der Waals surface area contributed by atoms with Crippen LogP contribution in [0.15, 0.2) is 30.5 Å². The first-order valence-corrected chi connectivity index (χ1v) is 13.0. The Balaban J connectivity index is 1.27. The topological polar surface area (TPSA) is 77.1 Å². The zero-order chi connectivity index (χ0) is 22.9. The summed E-state index contributed by atoms with van der Waals surface area (Å²) in [4.78, 5) is 21.3. The van der Waals surface area contributed by atoms with Crippen molar-refractivity contribution in [2.45, 2.75) is 64.1 Å². The molecule has 2 aliphatic heterocycles. The third-order valence-corrected chi connectivity index (χ3v) is 8.28. The molecule has 2 fully saturated rings. The van der Waals surface area contributed by atoms with E-state index in [1.807, 2.05) is 6.07 Å². The highest BCUT2D eigenvalue weighted by molar-refractivity contribution is 7.17. The van der Waals surface area contributed by atoms with Gasteiger partial charge in [0.15, 0.2) is 0 Å². The van der Waals surface area contributed by atoms with Crippen LogP contribution in [0.25, 0.3) is 10.9 Å². The summed E-state index contributed by atoms with van der Waals surface area (Å²) in [5.41, 5.74) is 2.38. The van der Waals surface area contributed by atoms with E-state index in [0.717, 1.165) is 43.0 Å². The van der Waals surface area contributed by atoms with Gasteiger partial charge in [0.2, 0.25) is 10.1 Å². The van der Waals surface area contributed by atoms with E-state index >= 15 is 0 Å². The highest BCUT2D eigenvalue weighted by Gasteiger charge is 2.38. The van der Waals surface area contributed by atoms with Gasteiger partial charge in [-0.2, -0.15) is 0 Å². The highest BCUT2D eigenvalue weighted by Crippen LogP contribution is 2.32. The molecule has 3 unspecified atom stereocenters. The lowest BCUT2D eigenvalue weighted by atomic mass is 9.97. The van der Waals surface area contributed by atoms with Crippen molar-refractivity contribution >= 4 is 33.3 Å². The molecule has 0 saturated carbocycles. The maximum atomic E-state index is 13.1. The van der Waals surface area contributed by atoms with E-state index in [4.69, 9.17) is 0 Å². The number of aromatic nitrogens is 3. The molecular weight excluding hydrogens is 432 g/mol. The number of carbonyl (C=O) groups excluding carboxylic acids is 1. The minimum absolute atomic E-state index is 0.0611. The Bertz CT molecular complexity index is 1090. The number of H-pyrrole nitrogens is 1. The fourth-order valence-electron chi connectivity index (χ4n) is 5.28. The van der Waals surface area contributed by atoms with Crippen molar-refractivity contribution < 1.29 is 4.79 Å². The van der Waals surface area contributed by atoms with Gasteiger partial charge in [-0.25, -0.2) is 0 Å². The molecule has 7 nitrogen and oxygen atoms in total. The molecular formula is C25H34N6OS. The number of rotatable bonds is 8. The van der Waals surface area contributed by atoms with E-state index in [1.165, 1.54) is 35.1 Å². The minimum Gasteiger partial charge on any atom is -0.361 e. The summed E-state index contributed by atoms with van der Waals surface area (Å²) in [5.74, 6) is 0.484. The molecule has 5 rings (SSSR count). The number of likely N-dealkylation sites (N-methyl/N-ethyl adjacent to an activating group) is 1. The standard InChI is InChI=1S/C25H34N6OS/c1-16(2)8-9-18(12-17-13-26-22-7-5-4-6-21(17)22)27-23(32)24-28-29-25(33-24)31-14-19-10-11-20(15-31)30(19)3/h4-7,13,16,18-20,26H,8-12,14-15H2,1-3H3,(H,27,32). The first-order chi connectivity index (χ1) is 16.0. The van der Waals surface area contributed by atoms with Crippen molar-refractivity contribution in [1.29, 1.82) is 0 Å². The summed E-state index contributed by atoms with van der Waals surface area (Å²) in [6.07, 6.45) is 7.37. The number of nitrogens with one attached hydrogen (secondary N) is 2. The van der Waals surface area contributed by atoms with Crippen LogP contribution in [0.2, 0.25) is 0 Å². The molecule has 2 N–H and O–H groups in total. The molecule has 2 aliphatic rings. The Morgan fingerprint density at radius 3 is 2.70 bits per heavy atom. The van der Waals surface area contributed by atoms with E-state index in [9.17, 15) is 4.79 Å². The molecule has 3 atom stereocenters. The number of amides is 1. The van der Waals surface area contributed by atoms with E-state index < -0.39 is 0 Å². The number of hydrogen-bond acceptors (Lipinski definition) is 6. The maximum Gasteiger partial charge on any atom is 0.282 e. The summed E-state index contributed by atoms with van der Waals surface area (Å²) in [5, 5.41) is 14.5. The molecule has 0 spiro atoms. The lowest BCUT2D eigenvalue weighted by Gasteiger charge is -2.38. The largest absolute Gasteiger partial charge is 0.361 e. The van der Waals surface area contributed by atoms with Crippen LogP contribution in [-0.4, -0.2) is 64.3 Å². The molecule has 0 radical (unpaired) electrons. The molecule has 8 heteroatoms. The van der Waals surface area contributed by atoms with Gasteiger partial charge in [-0.1, -0.05) is 43.4 Å². The zero-order valence-corrected chi connectivity index (χ0v) is 20.6. The molecule has 0 aliphatic carbocycles. The number of hydrogen-bond donors (Lipinski definition) is 2. The Hall–Kier alpha value is -2.45. The van der Waals surface area contributed by atoms with E-state index in [-0.39, 0.29) is 11.9 Å². The Morgan fingerprint density at radius 2 is 1.94 bits per heavy atom. The number of para-hydroxylation sites is 1. The quantitative estimate of drug-likeness (QED) is 0.523. The van der Waals surface area contributed by atoms with Gasteiger partial charge in [0.25, 0.3) is 5.91 Å². The smallest absolute Gasteiger partial charge is 0.282 e. The van der Waals surface area contributed by atoms with Gasteiger partial charge in [-0.15, -0.1) is 10.2 Å². The van der Waals surface area contributed by atoms with E-state index in [0.29, 0.717) is 23.0 Å². The van der Waals surface area contributed by atoms with Gasteiger partial charge in [-0.3, -0.25) is 9.69 Å². The lowest BCUT2D eigenvalue weighted by Crippen LogP contribution is -2.52. The van der Waals surface area contributed by atoms with Crippen LogP contribution in [0.1, 0.15) is 54.9 Å². The van der Waals surface area contributed by atoms with Crippen LogP contribution in [-0.2, 0) is 6.42 Å². The van der Waals surface area contributed by atoms with Gasteiger partial charge < -0.3 is 15.2 Å². The van der Waals surface area contributed by atoms with Crippen LogP contribution in [0.4, 0.5) is 5.13 Å². The van der Waals surface area contributed by atoms with Crippen molar-refractivity contribution in [2.75, 3.05) is 25.0 Å². The van der Waals surface area contributed by atoms with Crippen LogP contribution in [0.5, 0.6) is 0 Å². The van der Waals surface area contributed by atoms with Crippen molar-refractivity contribution in [1.82, 2.24) is 25.4 Å². The summed E-state index contributed by atoms with van der Waals surface area (Å²) in [7, 11) is 2.23. The molecule has 4 heterocycles. The monoisotopic (exact) mass is 466 g/mol. The number of anilines is 1. The molecule has 176 valence electrons. The van der Waals surface area contributed by atoms with Crippen LogP contribution in [0.3, 0.4) is 0 Å². The molecule has 3 aromatic rings. The molecule has 1 aromatic carbocycles. The maximum absolute atomic E-state index is 13.1. The Kier molecular flexibility index (Phi) is 6.38. The number of nitrogens with zero attached hydrogens (tertiary/aromatic N) is 4. The summed E-state index contributed by atoms with van der Waals surface area (Å²) < 4.78 is 0. The van der Waals surface area contributed by atoms with Crippen LogP contribution < -0.4 is 10.2 Å². The van der Waals surface area contributed by atoms with Crippen molar-refractivity contribution in [3.8, 4) is 0 Å². The van der Waals surface area contributed by atoms with Gasteiger partial charge in [0.1, 0.15) is 0 Å². The average molecular weight is 467 g/mol. The molecule has 1 amide bonds. The average Bonchev–Trinajstić information content (AvgIpc) is 3.49. The van der Waals surface area contributed by atoms with Crippen LogP contribution >= 0.6 is 11.3 Å². The van der Waals surface area contributed by atoms with E-state index in [1.54, 1.807) is 0 Å². The first kappa shape index (κ1) is 22.3. The summed E-state index contributed by atoms with van der Waals surface area (Å²) in [6.45, 7) is 6.40. The second kappa shape index (κ2) is 9.43. The Morgan fingerprint density at radius 1 is 1.18 bits per heavy atom. The van der Waals surface area contributed by atoms with Crippen LogP contribution in [0, 0.1) is 5.92 Å². The van der Waals surface area contributed by atoms with E-state index in [2.05, 4.69) is 75.6 Å². The van der Waals surface area contributed by atoms with Gasteiger partial charge >= 0.3 is 0 Å². The molecule has 33 heavy (non-hydrogen) atoms. The predicted molar refractivity (Wildman–Crippen MR) is 134 cm³/mol. The first-order valence-electron chi connectivity index (χ1n) is 12.1. The van der Waals surface area contributed by atoms with Crippen molar-refractivity contribution in [2.24, 2.45) is 5.92 Å². The minimum atomic E-state index is -0.107. The molecule has 2 bridgehead atoms. The number of benzene rings is 1. The number of fused-ring (bicyclic) bond motifs is 3. The van der Waals surface area contributed by atoms with Crippen molar-refractivity contribution in [3.05, 3.63) is 41.0 Å². The number of carbonyl (C=O) groups is 1. The van der Waals surface area contributed by atoms with Gasteiger partial charge in [0, 0.05) is 48.3 Å². The highest BCUT2D eigenvalue weighted by atomic mass is 32.1. The summed E-state index contributed by atoms with van der Waals surface area (Å²) in [6, 6.07) is 9.57. The fourth-order valence-corrected chi connectivity index (χ4v) is 6.04. The van der Waals surface area contributed by atoms with Gasteiger partial charge in [-0.05, 0) is 56.7 Å². The Labute approximate surface area is 199 Å². The summed E-state index contributed by atoms with van der Waals surface area (Å²) >= 11 is 1.42. The second-order valence-electron chi connectivity index (χ2n) is 10.1. The normalized spacial score (nSPS) is 21.8. The second-order valence-corrected chi connectivity index (χ2v) is 11.0. The fraction of sp³-hybridized carbons (Fsp3) is 0.560.